The van der Waals surface area contributed by atoms with Gasteiger partial charge in [0.2, 0.25) is 0 Å². The fraction of sp³-hybridized carbons (Fsp3) is 0.474. The van der Waals surface area contributed by atoms with Crippen molar-refractivity contribution in [3.63, 3.8) is 0 Å². The maximum atomic E-state index is 5.97. The molecule has 0 atom stereocenters. The molecular weight excluding hydrogens is 330 g/mol. The molecule has 140 valence electrons. The van der Waals surface area contributed by atoms with E-state index >= 15 is 0 Å². The maximum Gasteiger partial charge on any atom is 0.163 e. The second-order valence-electron chi connectivity index (χ2n) is 6.32. The molecule has 7 nitrogen and oxygen atoms in total. The van der Waals surface area contributed by atoms with Crippen LogP contribution in [0, 0.1) is 0 Å². The molecule has 2 heterocycles. The lowest BCUT2D eigenvalue weighted by Gasteiger charge is -2.16. The molecule has 0 bridgehead atoms. The first-order valence-corrected chi connectivity index (χ1v) is 9.09. The van der Waals surface area contributed by atoms with Crippen molar-refractivity contribution in [2.75, 3.05) is 51.0 Å². The number of methoxy groups -OCH3 is 1. The van der Waals surface area contributed by atoms with Crippen molar-refractivity contribution < 1.29 is 9.47 Å². The Bertz CT molecular complexity index is 704. The molecule has 0 radical (unpaired) electrons. The summed E-state index contributed by atoms with van der Waals surface area (Å²) in [7, 11) is 3.50. The number of hydrogen-bond acceptors (Lipinski definition) is 7. The summed E-state index contributed by atoms with van der Waals surface area (Å²) in [6.07, 6.45) is 5.32. The predicted molar refractivity (Wildman–Crippen MR) is 104 cm³/mol. The van der Waals surface area contributed by atoms with Gasteiger partial charge in [0.05, 0.1) is 25.6 Å². The Morgan fingerprint density at radius 2 is 1.96 bits per heavy atom. The van der Waals surface area contributed by atoms with E-state index in [1.165, 1.54) is 25.9 Å². The molecule has 0 spiro atoms. The summed E-state index contributed by atoms with van der Waals surface area (Å²) in [5.74, 6) is 2.13. The van der Waals surface area contributed by atoms with Gasteiger partial charge in [0.25, 0.3) is 0 Å². The predicted octanol–water partition coefficient (Wildman–Crippen LogP) is 3.14. The average molecular weight is 357 g/mol. The molecule has 7 heteroatoms. The van der Waals surface area contributed by atoms with E-state index in [9.17, 15) is 0 Å². The Labute approximate surface area is 154 Å². The van der Waals surface area contributed by atoms with Crippen molar-refractivity contribution in [2.24, 2.45) is 0 Å². The van der Waals surface area contributed by atoms with Gasteiger partial charge < -0.3 is 25.0 Å². The first kappa shape index (κ1) is 18.3. The van der Waals surface area contributed by atoms with Crippen molar-refractivity contribution in [3.8, 4) is 11.5 Å². The second kappa shape index (κ2) is 9.24. The molecule has 2 aromatic rings. The number of hydrogen-bond donors (Lipinski definition) is 2. The highest BCUT2D eigenvalue weighted by molar-refractivity contribution is 5.63. The van der Waals surface area contributed by atoms with Crippen molar-refractivity contribution in [1.29, 1.82) is 0 Å². The summed E-state index contributed by atoms with van der Waals surface area (Å²) >= 11 is 0. The zero-order valence-electron chi connectivity index (χ0n) is 15.5. The lowest BCUT2D eigenvalue weighted by atomic mass is 10.2. The SMILES string of the molecule is CNc1cnnc(Nc2ccc(OC)c(OCCCN3CCCC3)c2)c1. The van der Waals surface area contributed by atoms with E-state index in [0.717, 1.165) is 35.8 Å². The molecule has 1 fully saturated rings. The Balaban J connectivity index is 1.59. The molecule has 2 N–H and O–H groups in total. The van der Waals surface area contributed by atoms with E-state index in [4.69, 9.17) is 9.47 Å². The van der Waals surface area contributed by atoms with Crippen LogP contribution in [-0.2, 0) is 0 Å². The standard InChI is InChI=1S/C19H27N5O2/c1-20-16-13-19(23-21-14-16)22-15-6-7-17(25-2)18(12-15)26-11-5-10-24-8-3-4-9-24/h6-7,12-14H,3-5,8-11H2,1-2H3,(H2,20,22,23). The monoisotopic (exact) mass is 357 g/mol. The van der Waals surface area contributed by atoms with Crippen molar-refractivity contribution >= 4 is 17.2 Å². The minimum atomic E-state index is 0.669. The Morgan fingerprint density at radius 3 is 2.73 bits per heavy atom. The number of aromatic nitrogens is 2. The molecule has 1 aromatic carbocycles. The molecule has 0 aliphatic carbocycles. The van der Waals surface area contributed by atoms with E-state index in [0.29, 0.717) is 12.4 Å². The Kier molecular flexibility index (Phi) is 6.49. The van der Waals surface area contributed by atoms with Crippen LogP contribution in [0.5, 0.6) is 11.5 Å². The number of anilines is 3. The molecular formula is C19H27N5O2. The zero-order valence-corrected chi connectivity index (χ0v) is 15.5. The van der Waals surface area contributed by atoms with Crippen LogP contribution in [0.25, 0.3) is 0 Å². The van der Waals surface area contributed by atoms with E-state index in [2.05, 4.69) is 25.7 Å². The normalized spacial score (nSPS) is 14.2. The highest BCUT2D eigenvalue weighted by Crippen LogP contribution is 2.31. The molecule has 1 aliphatic heterocycles. The molecule has 0 amide bonds. The average Bonchev–Trinajstić information content (AvgIpc) is 3.19. The first-order chi connectivity index (χ1) is 12.8. The summed E-state index contributed by atoms with van der Waals surface area (Å²) in [4.78, 5) is 2.49. The minimum absolute atomic E-state index is 0.669. The second-order valence-corrected chi connectivity index (χ2v) is 6.32. The van der Waals surface area contributed by atoms with Crippen molar-refractivity contribution in [3.05, 3.63) is 30.5 Å². The lowest BCUT2D eigenvalue weighted by molar-refractivity contribution is 0.254. The fourth-order valence-corrected chi connectivity index (χ4v) is 3.06. The van der Waals surface area contributed by atoms with Gasteiger partial charge in [-0.25, -0.2) is 0 Å². The number of ether oxygens (including phenoxy) is 2. The van der Waals surface area contributed by atoms with Gasteiger partial charge in [-0.3, -0.25) is 0 Å². The smallest absolute Gasteiger partial charge is 0.163 e. The van der Waals surface area contributed by atoms with Crippen LogP contribution >= 0.6 is 0 Å². The summed E-state index contributed by atoms with van der Waals surface area (Å²) in [6, 6.07) is 7.66. The van der Waals surface area contributed by atoms with Crippen molar-refractivity contribution in [1.82, 2.24) is 15.1 Å². The first-order valence-electron chi connectivity index (χ1n) is 9.09. The van der Waals surface area contributed by atoms with Crippen LogP contribution in [0.4, 0.5) is 17.2 Å². The molecule has 26 heavy (non-hydrogen) atoms. The van der Waals surface area contributed by atoms with Gasteiger partial charge in [0.15, 0.2) is 17.3 Å². The number of nitrogens with zero attached hydrogens (tertiary/aromatic N) is 3. The molecule has 1 aliphatic rings. The van der Waals surface area contributed by atoms with Crippen LogP contribution < -0.4 is 20.1 Å². The molecule has 3 rings (SSSR count). The Morgan fingerprint density at radius 1 is 1.12 bits per heavy atom. The van der Waals surface area contributed by atoms with E-state index in [-0.39, 0.29) is 0 Å². The molecule has 0 saturated carbocycles. The third-order valence-corrected chi connectivity index (χ3v) is 4.45. The van der Waals surface area contributed by atoms with Crippen LogP contribution in [0.15, 0.2) is 30.5 Å². The van der Waals surface area contributed by atoms with E-state index < -0.39 is 0 Å². The van der Waals surface area contributed by atoms with Gasteiger partial charge in [-0.05, 0) is 44.5 Å². The van der Waals surface area contributed by atoms with Gasteiger partial charge >= 0.3 is 0 Å². The van der Waals surface area contributed by atoms with Gasteiger partial charge in [0.1, 0.15) is 0 Å². The number of nitrogens with one attached hydrogen (secondary N) is 2. The third kappa shape index (κ3) is 4.98. The quantitative estimate of drug-likeness (QED) is 0.668. The van der Waals surface area contributed by atoms with Crippen LogP contribution in [0.2, 0.25) is 0 Å². The summed E-state index contributed by atoms with van der Waals surface area (Å²) in [6.45, 7) is 4.20. The minimum Gasteiger partial charge on any atom is -0.493 e. The van der Waals surface area contributed by atoms with Crippen molar-refractivity contribution in [2.45, 2.75) is 19.3 Å². The third-order valence-electron chi connectivity index (χ3n) is 4.45. The summed E-state index contributed by atoms with van der Waals surface area (Å²) < 4.78 is 11.4. The topological polar surface area (TPSA) is 71.5 Å². The van der Waals surface area contributed by atoms with Gasteiger partial charge in [-0.15, -0.1) is 5.10 Å². The molecule has 0 unspecified atom stereocenters. The number of benzene rings is 1. The van der Waals surface area contributed by atoms with Gasteiger partial charge in [-0.2, -0.15) is 5.10 Å². The van der Waals surface area contributed by atoms with Gasteiger partial charge in [0, 0.05) is 31.4 Å². The van der Waals surface area contributed by atoms with E-state index in [1.54, 1.807) is 13.3 Å². The highest BCUT2D eigenvalue weighted by atomic mass is 16.5. The molecule has 1 saturated heterocycles. The highest BCUT2D eigenvalue weighted by Gasteiger charge is 2.11. The molecule has 1 aromatic heterocycles. The van der Waals surface area contributed by atoms with Crippen LogP contribution in [-0.4, -0.2) is 55.5 Å². The maximum absolute atomic E-state index is 5.97. The number of likely N-dealkylation sites (tertiary alicyclic amines) is 1. The number of rotatable bonds is 9. The van der Waals surface area contributed by atoms with Crippen LogP contribution in [0.1, 0.15) is 19.3 Å². The zero-order chi connectivity index (χ0) is 18.2. The lowest BCUT2D eigenvalue weighted by Crippen LogP contribution is -2.21. The van der Waals surface area contributed by atoms with E-state index in [1.807, 2.05) is 31.3 Å². The summed E-state index contributed by atoms with van der Waals surface area (Å²) in [5, 5.41) is 14.4. The fourth-order valence-electron chi connectivity index (χ4n) is 3.06. The largest absolute Gasteiger partial charge is 0.493 e. The Hall–Kier alpha value is -2.54. The van der Waals surface area contributed by atoms with Gasteiger partial charge in [-0.1, -0.05) is 0 Å². The van der Waals surface area contributed by atoms with Crippen LogP contribution in [0.3, 0.4) is 0 Å². The summed E-state index contributed by atoms with van der Waals surface area (Å²) in [5.41, 5.74) is 1.78.